The Morgan fingerprint density at radius 1 is 1.10 bits per heavy atom. The Kier molecular flexibility index (Phi) is 4.24. The monoisotopic (exact) mass is 313 g/mol. The van der Waals surface area contributed by atoms with Crippen LogP contribution in [0.3, 0.4) is 0 Å². The van der Waals surface area contributed by atoms with E-state index in [9.17, 15) is 17.7 Å². The van der Waals surface area contributed by atoms with Gasteiger partial charge in [-0.05, 0) is 37.1 Å². The predicted octanol–water partition coefficient (Wildman–Crippen LogP) is 4.89. The molecule has 0 aliphatic rings. The zero-order valence-electron chi connectivity index (χ0n) is 11.7. The van der Waals surface area contributed by atoms with Gasteiger partial charge < -0.3 is 4.57 Å². The minimum Gasteiger partial charge on any atom is -0.324 e. The van der Waals surface area contributed by atoms with Gasteiger partial charge in [0.25, 0.3) is 0 Å². The minimum atomic E-state index is -4.36. The Bertz CT molecular complexity index is 674. The summed E-state index contributed by atoms with van der Waals surface area (Å²) in [4.78, 5) is 4.18. The van der Waals surface area contributed by atoms with Gasteiger partial charge in [0.05, 0.1) is 12.7 Å². The molecule has 0 saturated carbocycles. The van der Waals surface area contributed by atoms with Crippen LogP contribution in [0.15, 0.2) is 42.6 Å². The van der Waals surface area contributed by atoms with Crippen LogP contribution in [0, 0.1) is 0 Å². The largest absolute Gasteiger partial charge is 0.416 e. The molecule has 0 N–H and O–H groups in total. The van der Waals surface area contributed by atoms with Crippen molar-refractivity contribution in [2.45, 2.75) is 12.3 Å². The molecule has 1 heterocycles. The second-order valence-corrected chi connectivity index (χ2v) is 8.81. The van der Waals surface area contributed by atoms with Gasteiger partial charge in [0.2, 0.25) is 0 Å². The van der Waals surface area contributed by atoms with Gasteiger partial charge in [0.15, 0.2) is 0 Å². The van der Waals surface area contributed by atoms with Crippen LogP contribution in [0.25, 0.3) is 11.1 Å². The molecule has 0 atom stereocenters. The molecule has 21 heavy (non-hydrogen) atoms. The first-order chi connectivity index (χ1) is 9.65. The van der Waals surface area contributed by atoms with E-state index < -0.39 is 18.9 Å². The van der Waals surface area contributed by atoms with E-state index in [-0.39, 0.29) is 0 Å². The molecule has 0 unspecified atom stereocenters. The van der Waals surface area contributed by atoms with E-state index >= 15 is 0 Å². The summed E-state index contributed by atoms with van der Waals surface area (Å²) in [5, 5.41) is 0. The van der Waals surface area contributed by atoms with Crippen molar-refractivity contribution in [3.05, 3.63) is 53.9 Å². The van der Waals surface area contributed by atoms with Gasteiger partial charge in [-0.1, -0.05) is 18.2 Å². The second kappa shape index (κ2) is 5.64. The lowest BCUT2D eigenvalue weighted by atomic mass is 10.0. The van der Waals surface area contributed by atoms with Crippen molar-refractivity contribution >= 4 is 7.14 Å². The number of benzene rings is 1. The average molecular weight is 313 g/mol. The summed E-state index contributed by atoms with van der Waals surface area (Å²) in [6.45, 7) is 3.35. The molecule has 2 nitrogen and oxygen atoms in total. The van der Waals surface area contributed by atoms with E-state index in [4.69, 9.17) is 0 Å². The fourth-order valence-corrected chi connectivity index (χ4v) is 2.92. The maximum absolute atomic E-state index is 12.7. The number of pyridine rings is 1. The molecule has 1 aromatic carbocycles. The first-order valence-electron chi connectivity index (χ1n) is 6.32. The first-order valence-corrected chi connectivity index (χ1v) is 9.10. The standard InChI is InChI=1S/C15H15F3NOP/c1-21(2,20)10-14-7-6-12(9-19-14)11-4-3-5-13(8-11)15(16,17)18/h3-9H,10H2,1-2H3. The summed E-state index contributed by atoms with van der Waals surface area (Å²) in [6, 6.07) is 8.52. The van der Waals surface area contributed by atoms with E-state index in [2.05, 4.69) is 4.98 Å². The summed E-state index contributed by atoms with van der Waals surface area (Å²) < 4.78 is 49.8. The van der Waals surface area contributed by atoms with Gasteiger partial charge in [0, 0.05) is 23.6 Å². The maximum Gasteiger partial charge on any atom is 0.416 e. The molecule has 0 bridgehead atoms. The van der Waals surface area contributed by atoms with Crippen molar-refractivity contribution in [2.24, 2.45) is 0 Å². The van der Waals surface area contributed by atoms with Crippen LogP contribution in [0.1, 0.15) is 11.3 Å². The Hall–Kier alpha value is -1.61. The second-order valence-electron chi connectivity index (χ2n) is 5.35. The summed E-state index contributed by atoms with van der Waals surface area (Å²) in [5.41, 5.74) is 1.06. The van der Waals surface area contributed by atoms with Crippen LogP contribution in [-0.2, 0) is 16.9 Å². The van der Waals surface area contributed by atoms with E-state index in [1.165, 1.54) is 12.3 Å². The lowest BCUT2D eigenvalue weighted by Gasteiger charge is -2.10. The highest BCUT2D eigenvalue weighted by Crippen LogP contribution is 2.40. The van der Waals surface area contributed by atoms with Crippen LogP contribution in [0.4, 0.5) is 13.2 Å². The van der Waals surface area contributed by atoms with Gasteiger partial charge in [0.1, 0.15) is 0 Å². The summed E-state index contributed by atoms with van der Waals surface area (Å²) in [6.07, 6.45) is -2.46. The number of rotatable bonds is 3. The molecular formula is C15H15F3NOP. The summed E-state index contributed by atoms with van der Waals surface area (Å²) in [7, 11) is -2.22. The maximum atomic E-state index is 12.7. The third-order valence-corrected chi connectivity index (χ3v) is 3.98. The highest BCUT2D eigenvalue weighted by Gasteiger charge is 2.30. The number of aromatic nitrogens is 1. The molecule has 2 rings (SSSR count). The van der Waals surface area contributed by atoms with E-state index in [0.29, 0.717) is 23.0 Å². The highest BCUT2D eigenvalue weighted by atomic mass is 31.2. The average Bonchev–Trinajstić information content (AvgIpc) is 2.37. The number of nitrogens with zero attached hydrogens (tertiary/aromatic N) is 1. The van der Waals surface area contributed by atoms with Crippen LogP contribution in [0.5, 0.6) is 0 Å². The summed E-state index contributed by atoms with van der Waals surface area (Å²) in [5.74, 6) is 0. The molecule has 1 aromatic heterocycles. The van der Waals surface area contributed by atoms with Gasteiger partial charge >= 0.3 is 6.18 Å². The predicted molar refractivity (Wildman–Crippen MR) is 77.8 cm³/mol. The van der Waals surface area contributed by atoms with Gasteiger partial charge in [-0.2, -0.15) is 13.2 Å². The quantitative estimate of drug-likeness (QED) is 0.755. The van der Waals surface area contributed by atoms with Crippen LogP contribution in [-0.4, -0.2) is 18.3 Å². The van der Waals surface area contributed by atoms with Crippen molar-refractivity contribution < 1.29 is 17.7 Å². The van der Waals surface area contributed by atoms with Gasteiger partial charge in [-0.15, -0.1) is 0 Å². The fraction of sp³-hybridized carbons (Fsp3) is 0.267. The van der Waals surface area contributed by atoms with Crippen molar-refractivity contribution in [1.82, 2.24) is 4.98 Å². The molecule has 112 valence electrons. The smallest absolute Gasteiger partial charge is 0.324 e. The molecular weight excluding hydrogens is 298 g/mol. The van der Waals surface area contributed by atoms with Crippen LogP contribution >= 0.6 is 7.14 Å². The zero-order chi connectivity index (χ0) is 15.7. The Morgan fingerprint density at radius 2 is 1.81 bits per heavy atom. The molecule has 6 heteroatoms. The highest BCUT2D eigenvalue weighted by molar-refractivity contribution is 7.61. The topological polar surface area (TPSA) is 30.0 Å². The molecule has 0 fully saturated rings. The van der Waals surface area contributed by atoms with Gasteiger partial charge in [-0.3, -0.25) is 4.98 Å². The molecule has 0 aliphatic heterocycles. The molecule has 0 aliphatic carbocycles. The number of alkyl halides is 3. The van der Waals surface area contributed by atoms with E-state index in [1.807, 2.05) is 0 Å². The fourth-order valence-electron chi connectivity index (χ4n) is 1.95. The Morgan fingerprint density at radius 3 is 2.33 bits per heavy atom. The first kappa shape index (κ1) is 15.8. The SMILES string of the molecule is CP(C)(=O)Cc1ccc(-c2cccc(C(F)(F)F)c2)cn1. The molecule has 0 saturated heterocycles. The molecule has 0 spiro atoms. The number of hydrogen-bond acceptors (Lipinski definition) is 2. The third-order valence-electron chi connectivity index (χ3n) is 2.89. The lowest BCUT2D eigenvalue weighted by molar-refractivity contribution is -0.137. The molecule has 0 amide bonds. The van der Waals surface area contributed by atoms with Crippen LogP contribution in [0.2, 0.25) is 0 Å². The summed E-state index contributed by atoms with van der Waals surface area (Å²) >= 11 is 0. The van der Waals surface area contributed by atoms with Crippen molar-refractivity contribution in [1.29, 1.82) is 0 Å². The lowest BCUT2D eigenvalue weighted by Crippen LogP contribution is -2.04. The van der Waals surface area contributed by atoms with E-state index in [0.717, 1.165) is 12.1 Å². The van der Waals surface area contributed by atoms with Crippen molar-refractivity contribution in [3.8, 4) is 11.1 Å². The van der Waals surface area contributed by atoms with Crippen molar-refractivity contribution in [2.75, 3.05) is 13.3 Å². The minimum absolute atomic E-state index is 0.385. The normalized spacial score (nSPS) is 12.4. The van der Waals surface area contributed by atoms with E-state index in [1.54, 1.807) is 31.5 Å². The van der Waals surface area contributed by atoms with Crippen molar-refractivity contribution in [3.63, 3.8) is 0 Å². The Labute approximate surface area is 121 Å². The third kappa shape index (κ3) is 4.43. The molecule has 2 aromatic rings. The van der Waals surface area contributed by atoms with Gasteiger partial charge in [-0.25, -0.2) is 0 Å². The number of hydrogen-bond donors (Lipinski definition) is 0. The number of halogens is 3. The zero-order valence-corrected chi connectivity index (χ0v) is 12.6. The van der Waals surface area contributed by atoms with Crippen LogP contribution < -0.4 is 0 Å². The Balaban J connectivity index is 2.29. The molecule has 0 radical (unpaired) electrons.